The second-order valence-electron chi connectivity index (χ2n) is 6.57. The van der Waals surface area contributed by atoms with Crippen LogP contribution in [-0.4, -0.2) is 37.1 Å². The van der Waals surface area contributed by atoms with Crippen LogP contribution in [0.3, 0.4) is 0 Å². The fourth-order valence-electron chi connectivity index (χ4n) is 2.75. The molecule has 0 bridgehead atoms. The molecule has 2 aromatic rings. The predicted molar refractivity (Wildman–Crippen MR) is 92.5 cm³/mol. The SMILES string of the molecule is CC(=O)C(C)n1nnn(C(=O)N2c3ccccc3C=CC2(C)C)c1=O. The van der Waals surface area contributed by atoms with Crippen LogP contribution in [0.4, 0.5) is 10.5 Å². The summed E-state index contributed by atoms with van der Waals surface area (Å²) in [5.74, 6) is -0.242. The summed E-state index contributed by atoms with van der Waals surface area (Å²) in [6, 6.07) is 6.00. The number of fused-ring (bicyclic) bond motifs is 1. The van der Waals surface area contributed by atoms with E-state index in [1.165, 1.54) is 18.7 Å². The number of carbonyl (C=O) groups excluding carboxylic acids is 2. The number of rotatable bonds is 2. The zero-order valence-corrected chi connectivity index (χ0v) is 14.5. The molecule has 8 heteroatoms. The molecule has 8 nitrogen and oxygen atoms in total. The van der Waals surface area contributed by atoms with E-state index in [4.69, 9.17) is 0 Å². The molecule has 0 fully saturated rings. The van der Waals surface area contributed by atoms with Crippen LogP contribution in [-0.2, 0) is 4.79 Å². The largest absolute Gasteiger partial charge is 0.373 e. The number of hydrogen-bond donors (Lipinski definition) is 0. The Morgan fingerprint density at radius 3 is 2.52 bits per heavy atom. The number of hydrogen-bond acceptors (Lipinski definition) is 5. The number of benzene rings is 1. The van der Waals surface area contributed by atoms with Crippen molar-refractivity contribution >= 4 is 23.6 Å². The maximum absolute atomic E-state index is 13.1. The molecule has 1 amide bonds. The molecular weight excluding hydrogens is 322 g/mol. The summed E-state index contributed by atoms with van der Waals surface area (Å²) in [4.78, 5) is 38.6. The van der Waals surface area contributed by atoms with Gasteiger partial charge in [0.15, 0.2) is 5.78 Å². The zero-order chi connectivity index (χ0) is 18.4. The number of ketones is 1. The van der Waals surface area contributed by atoms with Crippen molar-refractivity contribution < 1.29 is 9.59 Å². The average molecular weight is 341 g/mol. The first kappa shape index (κ1) is 16.8. The Morgan fingerprint density at radius 1 is 1.16 bits per heavy atom. The first-order chi connectivity index (χ1) is 11.7. The lowest BCUT2D eigenvalue weighted by Crippen LogP contribution is -2.52. The van der Waals surface area contributed by atoms with E-state index in [1.807, 2.05) is 50.3 Å². The summed E-state index contributed by atoms with van der Waals surface area (Å²) in [6.07, 6.45) is 3.83. The highest BCUT2D eigenvalue weighted by Crippen LogP contribution is 2.34. The van der Waals surface area contributed by atoms with E-state index in [9.17, 15) is 14.4 Å². The fourth-order valence-corrected chi connectivity index (χ4v) is 2.75. The molecule has 1 aromatic carbocycles. The number of carbonyl (C=O) groups is 2. The van der Waals surface area contributed by atoms with Gasteiger partial charge in [0.05, 0.1) is 11.2 Å². The molecular formula is C17H19N5O3. The van der Waals surface area contributed by atoms with Crippen molar-refractivity contribution in [1.29, 1.82) is 0 Å². The van der Waals surface area contributed by atoms with Gasteiger partial charge in [-0.05, 0) is 49.8 Å². The average Bonchev–Trinajstić information content (AvgIpc) is 2.94. The van der Waals surface area contributed by atoms with Crippen molar-refractivity contribution in [1.82, 2.24) is 19.8 Å². The van der Waals surface area contributed by atoms with Gasteiger partial charge in [-0.1, -0.05) is 30.4 Å². The zero-order valence-electron chi connectivity index (χ0n) is 14.5. The molecule has 130 valence electrons. The van der Waals surface area contributed by atoms with Crippen molar-refractivity contribution in [2.45, 2.75) is 39.3 Å². The first-order valence-corrected chi connectivity index (χ1v) is 7.92. The van der Waals surface area contributed by atoms with Gasteiger partial charge in [-0.3, -0.25) is 9.69 Å². The number of aromatic nitrogens is 4. The molecule has 0 radical (unpaired) electrons. The number of nitrogens with zero attached hydrogens (tertiary/aromatic N) is 5. The Balaban J connectivity index is 2.08. The molecule has 25 heavy (non-hydrogen) atoms. The van der Waals surface area contributed by atoms with Crippen LogP contribution in [0.1, 0.15) is 39.3 Å². The quantitative estimate of drug-likeness (QED) is 0.778. The minimum Gasteiger partial charge on any atom is -0.298 e. The molecule has 0 N–H and O–H groups in total. The second kappa shape index (κ2) is 5.80. The van der Waals surface area contributed by atoms with Crippen LogP contribution in [0.5, 0.6) is 0 Å². The minimum absolute atomic E-state index is 0.242. The Labute approximate surface area is 144 Å². The fraction of sp³-hybridized carbons (Fsp3) is 0.353. The summed E-state index contributed by atoms with van der Waals surface area (Å²) in [5, 5.41) is 7.37. The van der Waals surface area contributed by atoms with Gasteiger partial charge in [-0.25, -0.2) is 9.59 Å². The molecule has 3 rings (SSSR count). The van der Waals surface area contributed by atoms with E-state index >= 15 is 0 Å². The summed E-state index contributed by atoms with van der Waals surface area (Å²) in [7, 11) is 0. The van der Waals surface area contributed by atoms with Crippen LogP contribution in [0.2, 0.25) is 0 Å². The van der Waals surface area contributed by atoms with Crippen molar-refractivity contribution in [2.75, 3.05) is 4.90 Å². The lowest BCUT2D eigenvalue weighted by molar-refractivity contribution is -0.120. The number of anilines is 1. The topological polar surface area (TPSA) is 90.1 Å². The van der Waals surface area contributed by atoms with Gasteiger partial charge in [0.25, 0.3) is 0 Å². The molecule has 1 unspecified atom stereocenters. The minimum atomic E-state index is -0.782. The van der Waals surface area contributed by atoms with Gasteiger partial charge in [0.2, 0.25) is 0 Å². The van der Waals surface area contributed by atoms with E-state index in [-0.39, 0.29) is 5.78 Å². The molecule has 2 heterocycles. The lowest BCUT2D eigenvalue weighted by Gasteiger charge is -2.39. The third-order valence-electron chi connectivity index (χ3n) is 4.36. The predicted octanol–water partition coefficient (Wildman–Crippen LogP) is 1.87. The maximum atomic E-state index is 13.1. The Kier molecular flexibility index (Phi) is 3.90. The highest BCUT2D eigenvalue weighted by molar-refractivity contribution is 5.98. The molecule has 1 aliphatic rings. The first-order valence-electron chi connectivity index (χ1n) is 7.92. The highest BCUT2D eigenvalue weighted by atomic mass is 16.2. The van der Waals surface area contributed by atoms with Crippen molar-refractivity contribution in [2.24, 2.45) is 0 Å². The van der Waals surface area contributed by atoms with Gasteiger partial charge < -0.3 is 0 Å². The summed E-state index contributed by atoms with van der Waals surface area (Å²) in [5.41, 5.74) is 0.158. The lowest BCUT2D eigenvalue weighted by atomic mass is 9.94. The van der Waals surface area contributed by atoms with Crippen LogP contribution >= 0.6 is 0 Å². The van der Waals surface area contributed by atoms with Crippen molar-refractivity contribution in [3.63, 3.8) is 0 Å². The van der Waals surface area contributed by atoms with Crippen LogP contribution in [0.15, 0.2) is 35.1 Å². The number of tetrazole rings is 1. The molecule has 1 aromatic heterocycles. The van der Waals surface area contributed by atoms with Gasteiger partial charge in [0.1, 0.15) is 6.04 Å². The van der Waals surface area contributed by atoms with E-state index in [0.29, 0.717) is 10.4 Å². The van der Waals surface area contributed by atoms with Crippen LogP contribution < -0.4 is 10.6 Å². The van der Waals surface area contributed by atoms with Gasteiger partial charge in [-0.15, -0.1) is 4.68 Å². The molecule has 1 aliphatic heterocycles. The Hall–Kier alpha value is -3.03. The molecule has 1 atom stereocenters. The second-order valence-corrected chi connectivity index (χ2v) is 6.57. The van der Waals surface area contributed by atoms with E-state index < -0.39 is 23.3 Å². The van der Waals surface area contributed by atoms with Gasteiger partial charge in [0, 0.05) is 0 Å². The third kappa shape index (κ3) is 2.69. The standard InChI is InChI=1S/C17H19N5O3/c1-11(12(2)23)21-16(25)22(19-18-21)15(24)20-14-8-6-5-7-13(14)9-10-17(20,3)4/h5-11H,1-4H3. The van der Waals surface area contributed by atoms with Crippen molar-refractivity contribution in [3.05, 3.63) is 46.4 Å². The number of para-hydroxylation sites is 1. The smallest absolute Gasteiger partial charge is 0.298 e. The van der Waals surface area contributed by atoms with Crippen molar-refractivity contribution in [3.8, 4) is 0 Å². The maximum Gasteiger partial charge on any atom is 0.373 e. The monoisotopic (exact) mass is 341 g/mol. The summed E-state index contributed by atoms with van der Waals surface area (Å²) in [6.45, 7) is 6.62. The van der Waals surface area contributed by atoms with E-state index in [1.54, 1.807) is 0 Å². The Morgan fingerprint density at radius 2 is 1.84 bits per heavy atom. The number of amides is 1. The normalized spacial score (nSPS) is 16.4. The van der Waals surface area contributed by atoms with Crippen LogP contribution in [0, 0.1) is 0 Å². The molecule has 0 saturated heterocycles. The van der Waals surface area contributed by atoms with Gasteiger partial charge >= 0.3 is 11.7 Å². The molecule has 0 saturated carbocycles. The van der Waals surface area contributed by atoms with Crippen LogP contribution in [0.25, 0.3) is 6.08 Å². The highest BCUT2D eigenvalue weighted by Gasteiger charge is 2.36. The third-order valence-corrected chi connectivity index (χ3v) is 4.36. The number of Topliss-reactive ketones (excluding diaryl/α,β-unsaturated/α-hetero) is 1. The Bertz CT molecular complexity index is 938. The molecule has 0 aliphatic carbocycles. The summed E-state index contributed by atoms with van der Waals surface area (Å²) >= 11 is 0. The van der Waals surface area contributed by atoms with E-state index in [2.05, 4.69) is 10.4 Å². The summed E-state index contributed by atoms with van der Waals surface area (Å²) < 4.78 is 1.61. The van der Waals surface area contributed by atoms with E-state index in [0.717, 1.165) is 10.2 Å². The van der Waals surface area contributed by atoms with Gasteiger partial charge in [-0.2, -0.15) is 4.68 Å². The molecule has 0 spiro atoms.